The molecule has 146 valence electrons. The van der Waals surface area contributed by atoms with Crippen LogP contribution < -0.4 is 15.2 Å². The molecule has 0 saturated carbocycles. The highest BCUT2D eigenvalue weighted by atomic mass is 16.5. The molecule has 0 unspecified atom stereocenters. The quantitative estimate of drug-likeness (QED) is 0.732. The molecule has 0 fully saturated rings. The molecule has 1 aliphatic heterocycles. The maximum atomic E-state index is 12.6. The third-order valence-corrected chi connectivity index (χ3v) is 4.18. The van der Waals surface area contributed by atoms with Crippen molar-refractivity contribution in [2.24, 2.45) is 5.73 Å². The summed E-state index contributed by atoms with van der Waals surface area (Å²) in [6, 6.07) is 5.23. The van der Waals surface area contributed by atoms with E-state index in [1.807, 2.05) is 6.92 Å². The average molecular weight is 375 g/mol. The van der Waals surface area contributed by atoms with Gasteiger partial charge < -0.3 is 24.7 Å². The van der Waals surface area contributed by atoms with Gasteiger partial charge in [0.1, 0.15) is 11.3 Å². The van der Waals surface area contributed by atoms with Crippen LogP contribution in [0.5, 0.6) is 11.5 Å². The number of hydrogen-bond donors (Lipinski definition) is 1. The molecule has 1 aliphatic rings. The lowest BCUT2D eigenvalue weighted by molar-refractivity contribution is -0.139. The number of methoxy groups -OCH3 is 1. The molecule has 27 heavy (non-hydrogen) atoms. The van der Waals surface area contributed by atoms with Crippen molar-refractivity contribution in [1.82, 2.24) is 0 Å². The summed E-state index contributed by atoms with van der Waals surface area (Å²) in [6.45, 7) is 7.28. The van der Waals surface area contributed by atoms with E-state index in [1.54, 1.807) is 32.0 Å². The monoisotopic (exact) mass is 375 g/mol. The maximum absolute atomic E-state index is 12.6. The van der Waals surface area contributed by atoms with Gasteiger partial charge in [0.05, 0.1) is 26.2 Å². The summed E-state index contributed by atoms with van der Waals surface area (Å²) in [4.78, 5) is 24.9. The predicted octanol–water partition coefficient (Wildman–Crippen LogP) is 2.80. The van der Waals surface area contributed by atoms with Crippen LogP contribution in [-0.2, 0) is 19.1 Å². The predicted molar refractivity (Wildman–Crippen MR) is 99.2 cm³/mol. The molecular weight excluding hydrogens is 350 g/mol. The van der Waals surface area contributed by atoms with Gasteiger partial charge in [0.2, 0.25) is 5.88 Å². The van der Waals surface area contributed by atoms with Crippen LogP contribution in [0.15, 0.2) is 41.0 Å². The Bertz CT molecular complexity index is 809. The van der Waals surface area contributed by atoms with Crippen molar-refractivity contribution in [3.8, 4) is 11.5 Å². The number of benzene rings is 1. The van der Waals surface area contributed by atoms with Gasteiger partial charge in [-0.25, -0.2) is 4.79 Å². The lowest BCUT2D eigenvalue weighted by Crippen LogP contribution is -2.28. The van der Waals surface area contributed by atoms with Crippen LogP contribution in [0.25, 0.3) is 0 Å². The smallest absolute Gasteiger partial charge is 0.340 e. The SMILES string of the molecule is CCOC(=O)C1=C(N)OC(C)=C(C(C)=O)[C@H]1c1ccc(OCC)c(OC)c1. The third kappa shape index (κ3) is 4.07. The van der Waals surface area contributed by atoms with Crippen LogP contribution in [0.1, 0.15) is 39.2 Å². The molecule has 2 N–H and O–H groups in total. The molecule has 1 aromatic carbocycles. The molecule has 1 aromatic rings. The Morgan fingerprint density at radius 1 is 1.15 bits per heavy atom. The van der Waals surface area contributed by atoms with Crippen molar-refractivity contribution in [2.45, 2.75) is 33.6 Å². The molecule has 1 atom stereocenters. The molecule has 2 rings (SSSR count). The number of Topliss-reactive ketones (excluding diaryl/α,β-unsaturated/α-hetero) is 1. The van der Waals surface area contributed by atoms with E-state index in [0.29, 0.717) is 35.0 Å². The number of allylic oxidation sites excluding steroid dienone is 2. The van der Waals surface area contributed by atoms with E-state index in [0.717, 1.165) is 0 Å². The van der Waals surface area contributed by atoms with Crippen LogP contribution >= 0.6 is 0 Å². The largest absolute Gasteiger partial charge is 0.493 e. The number of ketones is 1. The fourth-order valence-electron chi connectivity index (χ4n) is 3.12. The number of esters is 1. The summed E-state index contributed by atoms with van der Waals surface area (Å²) in [5.74, 6) is -0.239. The molecule has 7 heteroatoms. The van der Waals surface area contributed by atoms with Crippen molar-refractivity contribution < 1.29 is 28.5 Å². The minimum absolute atomic E-state index is 0.0752. The average Bonchev–Trinajstić information content (AvgIpc) is 2.61. The van der Waals surface area contributed by atoms with Crippen molar-refractivity contribution in [1.29, 1.82) is 0 Å². The Morgan fingerprint density at radius 2 is 1.85 bits per heavy atom. The third-order valence-electron chi connectivity index (χ3n) is 4.18. The number of carbonyl (C=O) groups is 2. The Hall–Kier alpha value is -2.96. The fraction of sp³-hybridized carbons (Fsp3) is 0.400. The van der Waals surface area contributed by atoms with Gasteiger partial charge in [0.25, 0.3) is 0 Å². The molecular formula is C20H25NO6. The first kappa shape index (κ1) is 20.4. The fourth-order valence-corrected chi connectivity index (χ4v) is 3.12. The van der Waals surface area contributed by atoms with Gasteiger partial charge in [-0.15, -0.1) is 0 Å². The molecule has 0 saturated heterocycles. The highest BCUT2D eigenvalue weighted by Crippen LogP contribution is 2.42. The van der Waals surface area contributed by atoms with Crippen LogP contribution in [0.2, 0.25) is 0 Å². The molecule has 0 amide bonds. The summed E-state index contributed by atoms with van der Waals surface area (Å²) < 4.78 is 21.6. The van der Waals surface area contributed by atoms with Crippen molar-refractivity contribution in [3.05, 3.63) is 46.6 Å². The molecule has 0 aliphatic carbocycles. The number of hydrogen-bond acceptors (Lipinski definition) is 7. The second-order valence-corrected chi connectivity index (χ2v) is 5.90. The molecule has 0 aromatic heterocycles. The summed E-state index contributed by atoms with van der Waals surface area (Å²) in [5, 5.41) is 0. The lowest BCUT2D eigenvalue weighted by atomic mass is 9.81. The van der Waals surface area contributed by atoms with Gasteiger partial charge >= 0.3 is 5.97 Å². The molecule has 0 spiro atoms. The Morgan fingerprint density at radius 3 is 2.41 bits per heavy atom. The normalized spacial score (nSPS) is 16.7. The van der Waals surface area contributed by atoms with Gasteiger partial charge in [0, 0.05) is 5.57 Å². The van der Waals surface area contributed by atoms with Gasteiger partial charge in [-0.2, -0.15) is 0 Å². The summed E-state index contributed by atoms with van der Waals surface area (Å²) in [6.07, 6.45) is 0. The number of rotatable bonds is 7. The Balaban J connectivity index is 2.66. The van der Waals surface area contributed by atoms with E-state index in [2.05, 4.69) is 0 Å². The minimum atomic E-state index is -0.722. The highest BCUT2D eigenvalue weighted by molar-refractivity contribution is 6.01. The van der Waals surface area contributed by atoms with Crippen molar-refractivity contribution >= 4 is 11.8 Å². The molecule has 0 radical (unpaired) electrons. The van der Waals surface area contributed by atoms with Gasteiger partial charge in [-0.05, 0) is 45.4 Å². The van der Waals surface area contributed by atoms with E-state index in [9.17, 15) is 9.59 Å². The van der Waals surface area contributed by atoms with Crippen LogP contribution in [-0.4, -0.2) is 32.1 Å². The van der Waals surface area contributed by atoms with E-state index in [-0.39, 0.29) is 23.8 Å². The lowest BCUT2D eigenvalue weighted by Gasteiger charge is -2.29. The van der Waals surface area contributed by atoms with E-state index in [4.69, 9.17) is 24.7 Å². The van der Waals surface area contributed by atoms with Gasteiger partial charge in [0.15, 0.2) is 17.3 Å². The summed E-state index contributed by atoms with van der Waals surface area (Å²) >= 11 is 0. The molecule has 1 heterocycles. The van der Waals surface area contributed by atoms with E-state index >= 15 is 0 Å². The Labute approximate surface area is 158 Å². The van der Waals surface area contributed by atoms with Crippen molar-refractivity contribution in [3.63, 3.8) is 0 Å². The highest BCUT2D eigenvalue weighted by Gasteiger charge is 2.38. The zero-order chi connectivity index (χ0) is 20.1. The first-order chi connectivity index (χ1) is 12.8. The second-order valence-electron chi connectivity index (χ2n) is 5.90. The Kier molecular flexibility index (Phi) is 6.50. The standard InChI is InChI=1S/C20H25NO6/c1-6-25-14-9-8-13(10-15(14)24-5)17-16(11(3)22)12(4)27-19(21)18(17)20(23)26-7-2/h8-10,17H,6-7,21H2,1-5H3/t17-/m1/s1. The van der Waals surface area contributed by atoms with Crippen LogP contribution in [0.3, 0.4) is 0 Å². The minimum Gasteiger partial charge on any atom is -0.493 e. The number of nitrogens with two attached hydrogens (primary N) is 1. The van der Waals surface area contributed by atoms with E-state index < -0.39 is 11.9 Å². The number of carbonyl (C=O) groups excluding carboxylic acids is 2. The van der Waals surface area contributed by atoms with Gasteiger partial charge in [-0.3, -0.25) is 4.79 Å². The maximum Gasteiger partial charge on any atom is 0.340 e. The van der Waals surface area contributed by atoms with Crippen molar-refractivity contribution in [2.75, 3.05) is 20.3 Å². The van der Waals surface area contributed by atoms with Gasteiger partial charge in [-0.1, -0.05) is 6.07 Å². The first-order valence-electron chi connectivity index (χ1n) is 8.72. The van der Waals surface area contributed by atoms with Crippen LogP contribution in [0, 0.1) is 0 Å². The zero-order valence-corrected chi connectivity index (χ0v) is 16.3. The summed E-state index contributed by atoms with van der Waals surface area (Å²) in [7, 11) is 1.52. The molecule has 7 nitrogen and oxygen atoms in total. The van der Waals surface area contributed by atoms with Crippen LogP contribution in [0.4, 0.5) is 0 Å². The summed E-state index contributed by atoms with van der Waals surface area (Å²) in [5.41, 5.74) is 7.08. The van der Waals surface area contributed by atoms with E-state index in [1.165, 1.54) is 14.0 Å². The zero-order valence-electron chi connectivity index (χ0n) is 16.3. The second kappa shape index (κ2) is 8.62. The molecule has 0 bridgehead atoms. The first-order valence-corrected chi connectivity index (χ1v) is 8.72. The number of ether oxygens (including phenoxy) is 4. The topological polar surface area (TPSA) is 97.1 Å².